The lowest BCUT2D eigenvalue weighted by atomic mass is 9.83. The van der Waals surface area contributed by atoms with Gasteiger partial charge < -0.3 is 9.84 Å². The van der Waals surface area contributed by atoms with Crippen molar-refractivity contribution < 1.29 is 14.6 Å². The standard InChI is InChI=1S/C23H40O3/c1-5-6-11-17-23(2,3)18-16-20-19(14-15-21(20)24)12-9-7-8-10-13-22(25)26-4/h7,9,16,18-21,24H,5-6,8,10-15,17H2,1-4H3/b9-7-,18-16+/t19-,20+,21+/m0/s1. The van der Waals surface area contributed by atoms with Crippen molar-refractivity contribution in [3.63, 3.8) is 0 Å². The summed E-state index contributed by atoms with van der Waals surface area (Å²) >= 11 is 0. The zero-order valence-electron chi connectivity index (χ0n) is 17.4. The van der Waals surface area contributed by atoms with Gasteiger partial charge in [0.1, 0.15) is 0 Å². The van der Waals surface area contributed by atoms with Gasteiger partial charge in [-0.05, 0) is 49.9 Å². The topological polar surface area (TPSA) is 46.5 Å². The Morgan fingerprint density at radius 2 is 1.96 bits per heavy atom. The number of allylic oxidation sites excluding steroid dienone is 3. The summed E-state index contributed by atoms with van der Waals surface area (Å²) in [4.78, 5) is 11.1. The van der Waals surface area contributed by atoms with Gasteiger partial charge in [-0.3, -0.25) is 4.79 Å². The summed E-state index contributed by atoms with van der Waals surface area (Å²) in [5.41, 5.74) is 0.214. The lowest BCUT2D eigenvalue weighted by Gasteiger charge is -2.23. The fourth-order valence-corrected chi connectivity index (χ4v) is 3.79. The molecule has 0 amide bonds. The molecule has 1 aliphatic rings. The number of methoxy groups -OCH3 is 1. The van der Waals surface area contributed by atoms with Crippen LogP contribution in [0.25, 0.3) is 0 Å². The minimum atomic E-state index is -0.199. The second kappa shape index (κ2) is 12.3. The van der Waals surface area contributed by atoms with E-state index >= 15 is 0 Å². The second-order valence-corrected chi connectivity index (χ2v) is 8.46. The Morgan fingerprint density at radius 1 is 1.19 bits per heavy atom. The van der Waals surface area contributed by atoms with E-state index in [0.29, 0.717) is 12.3 Å². The molecular weight excluding hydrogens is 324 g/mol. The molecule has 0 aliphatic heterocycles. The number of hydrogen-bond acceptors (Lipinski definition) is 3. The van der Waals surface area contributed by atoms with Crippen LogP contribution in [-0.2, 0) is 9.53 Å². The summed E-state index contributed by atoms with van der Waals surface area (Å²) in [6.07, 6.45) is 19.1. The summed E-state index contributed by atoms with van der Waals surface area (Å²) < 4.78 is 4.65. The van der Waals surface area contributed by atoms with Crippen molar-refractivity contribution in [2.24, 2.45) is 17.3 Å². The third kappa shape index (κ3) is 9.02. The van der Waals surface area contributed by atoms with Crippen LogP contribution in [0.4, 0.5) is 0 Å². The van der Waals surface area contributed by atoms with Crippen molar-refractivity contribution >= 4 is 5.97 Å². The van der Waals surface area contributed by atoms with Crippen LogP contribution in [0.2, 0.25) is 0 Å². The van der Waals surface area contributed by atoms with Gasteiger partial charge in [-0.15, -0.1) is 0 Å². The molecule has 1 rings (SSSR count). The number of carbonyl (C=O) groups excluding carboxylic acids is 1. The van der Waals surface area contributed by atoms with E-state index in [1.165, 1.54) is 32.8 Å². The molecule has 3 nitrogen and oxygen atoms in total. The summed E-state index contributed by atoms with van der Waals surface area (Å²) in [5.74, 6) is 0.675. The van der Waals surface area contributed by atoms with Gasteiger partial charge in [0.05, 0.1) is 13.2 Å². The van der Waals surface area contributed by atoms with Crippen molar-refractivity contribution in [2.45, 2.75) is 91.1 Å². The van der Waals surface area contributed by atoms with E-state index in [2.05, 4.69) is 49.8 Å². The monoisotopic (exact) mass is 364 g/mol. The second-order valence-electron chi connectivity index (χ2n) is 8.46. The molecule has 0 heterocycles. The van der Waals surface area contributed by atoms with Crippen molar-refractivity contribution in [3.8, 4) is 0 Å². The van der Waals surface area contributed by atoms with Gasteiger partial charge in [0.2, 0.25) is 0 Å². The first-order valence-electron chi connectivity index (χ1n) is 10.5. The Balaban J connectivity index is 2.43. The normalized spacial score (nSPS) is 24.0. The predicted octanol–water partition coefficient (Wildman–Crippen LogP) is 5.83. The molecule has 1 fully saturated rings. The Morgan fingerprint density at radius 3 is 2.65 bits per heavy atom. The number of aliphatic hydroxyl groups excluding tert-OH is 1. The van der Waals surface area contributed by atoms with Crippen LogP contribution in [0.5, 0.6) is 0 Å². The molecule has 3 heteroatoms. The highest BCUT2D eigenvalue weighted by atomic mass is 16.5. The first-order valence-corrected chi connectivity index (χ1v) is 10.5. The zero-order valence-corrected chi connectivity index (χ0v) is 17.4. The van der Waals surface area contributed by atoms with Crippen LogP contribution < -0.4 is 0 Å². The molecule has 0 aromatic carbocycles. The summed E-state index contributed by atoms with van der Waals surface area (Å²) in [5, 5.41) is 10.4. The molecule has 0 radical (unpaired) electrons. The van der Waals surface area contributed by atoms with Crippen LogP contribution >= 0.6 is 0 Å². The third-order valence-electron chi connectivity index (χ3n) is 5.60. The molecule has 1 aliphatic carbocycles. The number of aliphatic hydroxyl groups is 1. The molecular formula is C23H40O3. The van der Waals surface area contributed by atoms with Crippen LogP contribution in [0, 0.1) is 17.3 Å². The minimum absolute atomic E-state index is 0.135. The molecule has 1 N–H and O–H groups in total. The Labute approximate surface area is 160 Å². The van der Waals surface area contributed by atoms with Crippen LogP contribution in [-0.4, -0.2) is 24.3 Å². The number of rotatable bonds is 12. The molecule has 0 spiro atoms. The van der Waals surface area contributed by atoms with Crippen molar-refractivity contribution in [1.29, 1.82) is 0 Å². The highest BCUT2D eigenvalue weighted by Gasteiger charge is 2.32. The van der Waals surface area contributed by atoms with E-state index in [0.717, 1.165) is 32.1 Å². The number of esters is 1. The molecule has 26 heavy (non-hydrogen) atoms. The predicted molar refractivity (Wildman–Crippen MR) is 109 cm³/mol. The van der Waals surface area contributed by atoms with Gasteiger partial charge in [-0.25, -0.2) is 0 Å². The van der Waals surface area contributed by atoms with Gasteiger partial charge in [-0.2, -0.15) is 0 Å². The molecule has 0 bridgehead atoms. The first kappa shape index (κ1) is 23.0. The summed E-state index contributed by atoms with van der Waals surface area (Å²) in [7, 11) is 1.43. The minimum Gasteiger partial charge on any atom is -0.469 e. The molecule has 150 valence electrons. The average molecular weight is 365 g/mol. The van der Waals surface area contributed by atoms with Crippen molar-refractivity contribution in [2.75, 3.05) is 7.11 Å². The van der Waals surface area contributed by atoms with E-state index in [4.69, 9.17) is 0 Å². The molecule has 0 aromatic rings. The molecule has 0 aromatic heterocycles. The smallest absolute Gasteiger partial charge is 0.305 e. The summed E-state index contributed by atoms with van der Waals surface area (Å²) in [6, 6.07) is 0. The average Bonchev–Trinajstić information content (AvgIpc) is 2.96. The first-order chi connectivity index (χ1) is 12.4. The Bertz CT molecular complexity index is 450. The van der Waals surface area contributed by atoms with Crippen LogP contribution in [0.1, 0.15) is 85.0 Å². The lowest BCUT2D eigenvalue weighted by Crippen LogP contribution is -2.18. The highest BCUT2D eigenvalue weighted by molar-refractivity contribution is 5.69. The molecule has 1 saturated carbocycles. The molecule has 0 unspecified atom stereocenters. The van der Waals surface area contributed by atoms with E-state index in [1.54, 1.807) is 0 Å². The number of hydrogen-bond donors (Lipinski definition) is 1. The maximum atomic E-state index is 11.1. The highest BCUT2D eigenvalue weighted by Crippen LogP contribution is 2.37. The molecule has 0 saturated heterocycles. The van der Waals surface area contributed by atoms with Crippen molar-refractivity contribution in [3.05, 3.63) is 24.3 Å². The summed E-state index contributed by atoms with van der Waals surface area (Å²) in [6.45, 7) is 6.85. The van der Waals surface area contributed by atoms with Gasteiger partial charge >= 0.3 is 5.97 Å². The zero-order chi connectivity index (χ0) is 19.4. The van der Waals surface area contributed by atoms with Gasteiger partial charge in [0.15, 0.2) is 0 Å². The quantitative estimate of drug-likeness (QED) is 0.269. The van der Waals surface area contributed by atoms with Gasteiger partial charge in [-0.1, -0.05) is 64.3 Å². The molecule has 3 atom stereocenters. The fraction of sp³-hybridized carbons (Fsp3) is 0.783. The SMILES string of the molecule is CCCCCC(C)(C)/C=C/[C@@H]1[C@@H](C/C=C\CCCC(=O)OC)CC[C@H]1O. The lowest BCUT2D eigenvalue weighted by molar-refractivity contribution is -0.140. The van der Waals surface area contributed by atoms with E-state index in [1.807, 2.05) is 0 Å². The maximum absolute atomic E-state index is 11.1. The number of carbonyl (C=O) groups is 1. The van der Waals surface area contributed by atoms with E-state index in [-0.39, 0.29) is 23.4 Å². The maximum Gasteiger partial charge on any atom is 0.305 e. The Hall–Kier alpha value is -1.09. The number of unbranched alkanes of at least 4 members (excludes halogenated alkanes) is 3. The van der Waals surface area contributed by atoms with Crippen LogP contribution in [0.3, 0.4) is 0 Å². The fourth-order valence-electron chi connectivity index (χ4n) is 3.79. The Kier molecular flexibility index (Phi) is 10.9. The van der Waals surface area contributed by atoms with Gasteiger partial charge in [0.25, 0.3) is 0 Å². The van der Waals surface area contributed by atoms with E-state index in [9.17, 15) is 9.90 Å². The van der Waals surface area contributed by atoms with Crippen LogP contribution in [0.15, 0.2) is 24.3 Å². The van der Waals surface area contributed by atoms with Crippen molar-refractivity contribution in [1.82, 2.24) is 0 Å². The third-order valence-corrected chi connectivity index (χ3v) is 5.60. The van der Waals surface area contributed by atoms with Gasteiger partial charge in [0, 0.05) is 12.3 Å². The van der Waals surface area contributed by atoms with E-state index < -0.39 is 0 Å². The largest absolute Gasteiger partial charge is 0.469 e. The number of ether oxygens (including phenoxy) is 1.